The highest BCUT2D eigenvalue weighted by Crippen LogP contribution is 2.32. The Hall–Kier alpha value is -0.260. The highest BCUT2D eigenvalue weighted by molar-refractivity contribution is 8.00. The van der Waals surface area contributed by atoms with Crippen molar-refractivity contribution in [1.29, 1.82) is 0 Å². The zero-order valence-electron chi connectivity index (χ0n) is 8.75. The van der Waals surface area contributed by atoms with Gasteiger partial charge in [-0.15, -0.1) is 0 Å². The van der Waals surface area contributed by atoms with Crippen LogP contribution in [0.15, 0.2) is 0 Å². The molecule has 82 valence electrons. The maximum atomic E-state index is 10.7. The first-order chi connectivity index (χ1) is 6.54. The fourth-order valence-electron chi connectivity index (χ4n) is 1.40. The van der Waals surface area contributed by atoms with Gasteiger partial charge in [-0.2, -0.15) is 11.8 Å². The number of aliphatic carboxylic acids is 1. The zero-order chi connectivity index (χ0) is 10.6. The number of hydrogen-bond donors (Lipinski definition) is 2. The molecule has 0 unspecified atom stereocenters. The van der Waals surface area contributed by atoms with Crippen molar-refractivity contribution >= 4 is 17.7 Å². The van der Waals surface area contributed by atoms with E-state index >= 15 is 0 Å². The monoisotopic (exact) mass is 218 g/mol. The van der Waals surface area contributed by atoms with Gasteiger partial charge in [-0.25, -0.2) is 0 Å². The molecule has 1 rings (SSSR count). The van der Waals surface area contributed by atoms with Crippen molar-refractivity contribution in [2.75, 3.05) is 39.5 Å². The summed E-state index contributed by atoms with van der Waals surface area (Å²) >= 11 is 1.78. The summed E-state index contributed by atoms with van der Waals surface area (Å²) in [5.41, 5.74) is 0. The van der Waals surface area contributed by atoms with Gasteiger partial charge in [0.2, 0.25) is 0 Å². The molecule has 0 aromatic rings. The SMILES string of the molecule is CN(C)CCSC1(CC(=O)O)CNC1. The van der Waals surface area contributed by atoms with E-state index in [4.69, 9.17) is 5.11 Å². The maximum absolute atomic E-state index is 10.7. The molecule has 2 N–H and O–H groups in total. The third-order valence-electron chi connectivity index (χ3n) is 2.31. The largest absolute Gasteiger partial charge is 0.481 e. The molecular weight excluding hydrogens is 200 g/mol. The number of rotatable bonds is 6. The van der Waals surface area contributed by atoms with Crippen molar-refractivity contribution in [3.05, 3.63) is 0 Å². The minimum Gasteiger partial charge on any atom is -0.481 e. The number of carbonyl (C=O) groups is 1. The van der Waals surface area contributed by atoms with Crippen LogP contribution in [0.4, 0.5) is 0 Å². The Kier molecular flexibility index (Phi) is 4.22. The minimum absolute atomic E-state index is 0.0398. The van der Waals surface area contributed by atoms with Gasteiger partial charge in [0, 0.05) is 25.4 Å². The second-order valence-corrected chi connectivity index (χ2v) is 5.57. The second-order valence-electron chi connectivity index (χ2n) is 4.01. The highest BCUT2D eigenvalue weighted by atomic mass is 32.2. The molecule has 0 spiro atoms. The second kappa shape index (κ2) is 5.00. The Morgan fingerprint density at radius 3 is 2.57 bits per heavy atom. The van der Waals surface area contributed by atoms with E-state index in [1.165, 1.54) is 0 Å². The third kappa shape index (κ3) is 3.48. The first-order valence-electron chi connectivity index (χ1n) is 4.75. The van der Waals surface area contributed by atoms with Gasteiger partial charge in [0.15, 0.2) is 0 Å². The minimum atomic E-state index is -0.691. The molecule has 0 aromatic carbocycles. The number of nitrogens with zero attached hydrogens (tertiary/aromatic N) is 1. The molecule has 0 aliphatic carbocycles. The smallest absolute Gasteiger partial charge is 0.304 e. The van der Waals surface area contributed by atoms with E-state index in [9.17, 15) is 4.79 Å². The van der Waals surface area contributed by atoms with E-state index in [2.05, 4.69) is 10.2 Å². The molecule has 1 saturated heterocycles. The van der Waals surface area contributed by atoms with E-state index in [0.717, 1.165) is 25.4 Å². The topological polar surface area (TPSA) is 52.6 Å². The molecule has 1 aliphatic heterocycles. The van der Waals surface area contributed by atoms with E-state index in [1.807, 2.05) is 14.1 Å². The van der Waals surface area contributed by atoms with Crippen molar-refractivity contribution in [2.45, 2.75) is 11.2 Å². The summed E-state index contributed by atoms with van der Waals surface area (Å²) in [6.45, 7) is 2.67. The van der Waals surface area contributed by atoms with Crippen molar-refractivity contribution in [3.8, 4) is 0 Å². The predicted octanol–water partition coefficient (Wildman–Crippen LogP) is 0.0979. The number of nitrogens with one attached hydrogen (secondary N) is 1. The van der Waals surface area contributed by atoms with Gasteiger partial charge < -0.3 is 15.3 Å². The fraction of sp³-hybridized carbons (Fsp3) is 0.889. The van der Waals surface area contributed by atoms with E-state index in [0.29, 0.717) is 0 Å². The normalized spacial score (nSPS) is 19.4. The van der Waals surface area contributed by atoms with Gasteiger partial charge in [0.1, 0.15) is 0 Å². The molecule has 5 heteroatoms. The molecular formula is C9H18N2O2S. The van der Waals surface area contributed by atoms with Crippen LogP contribution >= 0.6 is 11.8 Å². The fourth-order valence-corrected chi connectivity index (χ4v) is 2.93. The lowest BCUT2D eigenvalue weighted by Crippen LogP contribution is -2.58. The van der Waals surface area contributed by atoms with Crippen molar-refractivity contribution < 1.29 is 9.90 Å². The van der Waals surface area contributed by atoms with Gasteiger partial charge in [0.05, 0.1) is 11.2 Å². The van der Waals surface area contributed by atoms with E-state index in [-0.39, 0.29) is 11.2 Å². The molecule has 0 radical (unpaired) electrons. The highest BCUT2D eigenvalue weighted by Gasteiger charge is 2.39. The van der Waals surface area contributed by atoms with Crippen LogP contribution in [0.25, 0.3) is 0 Å². The standard InChI is InChI=1S/C9H18N2O2S/c1-11(2)3-4-14-9(5-8(12)13)6-10-7-9/h10H,3-7H2,1-2H3,(H,12,13). The van der Waals surface area contributed by atoms with Crippen LogP contribution in [-0.4, -0.2) is 60.2 Å². The lowest BCUT2D eigenvalue weighted by molar-refractivity contribution is -0.138. The average Bonchev–Trinajstić information content (AvgIpc) is 1.98. The van der Waals surface area contributed by atoms with E-state index in [1.54, 1.807) is 11.8 Å². The van der Waals surface area contributed by atoms with Crippen LogP contribution in [0.5, 0.6) is 0 Å². The summed E-state index contributed by atoms with van der Waals surface area (Å²) < 4.78 is -0.0398. The molecule has 0 atom stereocenters. The summed E-state index contributed by atoms with van der Waals surface area (Å²) in [7, 11) is 4.06. The lowest BCUT2D eigenvalue weighted by Gasteiger charge is -2.41. The van der Waals surface area contributed by atoms with E-state index < -0.39 is 5.97 Å². The van der Waals surface area contributed by atoms with Gasteiger partial charge in [-0.3, -0.25) is 4.79 Å². The van der Waals surface area contributed by atoms with Gasteiger partial charge >= 0.3 is 5.97 Å². The number of thioether (sulfide) groups is 1. The van der Waals surface area contributed by atoms with Gasteiger partial charge in [0.25, 0.3) is 0 Å². The Bertz CT molecular complexity index is 205. The van der Waals surface area contributed by atoms with Crippen LogP contribution in [0.3, 0.4) is 0 Å². The Labute approximate surface area is 89.0 Å². The molecule has 1 heterocycles. The summed E-state index contributed by atoms with van der Waals surface area (Å²) in [5, 5.41) is 11.9. The van der Waals surface area contributed by atoms with Gasteiger partial charge in [-0.05, 0) is 14.1 Å². The van der Waals surface area contributed by atoms with Crippen LogP contribution in [-0.2, 0) is 4.79 Å². The molecule has 1 aliphatic rings. The Morgan fingerprint density at radius 2 is 2.21 bits per heavy atom. The Morgan fingerprint density at radius 1 is 1.57 bits per heavy atom. The number of carboxylic acids is 1. The van der Waals surface area contributed by atoms with Gasteiger partial charge in [-0.1, -0.05) is 0 Å². The van der Waals surface area contributed by atoms with Crippen molar-refractivity contribution in [1.82, 2.24) is 10.2 Å². The van der Waals surface area contributed by atoms with Crippen LogP contribution < -0.4 is 5.32 Å². The molecule has 4 nitrogen and oxygen atoms in total. The summed E-state index contributed by atoms with van der Waals surface area (Å²) in [5.74, 6) is 0.311. The van der Waals surface area contributed by atoms with Crippen molar-refractivity contribution in [3.63, 3.8) is 0 Å². The lowest BCUT2D eigenvalue weighted by atomic mass is 9.98. The predicted molar refractivity (Wildman–Crippen MR) is 58.9 cm³/mol. The first kappa shape index (κ1) is 11.8. The Balaban J connectivity index is 2.27. The number of carboxylic acid groups (broad SMARTS) is 1. The zero-order valence-corrected chi connectivity index (χ0v) is 9.56. The maximum Gasteiger partial charge on any atom is 0.304 e. The average molecular weight is 218 g/mol. The molecule has 0 amide bonds. The van der Waals surface area contributed by atoms with Crippen LogP contribution in [0.1, 0.15) is 6.42 Å². The number of hydrogen-bond acceptors (Lipinski definition) is 4. The van der Waals surface area contributed by atoms with Crippen LogP contribution in [0, 0.1) is 0 Å². The van der Waals surface area contributed by atoms with Crippen molar-refractivity contribution in [2.24, 2.45) is 0 Å². The third-order valence-corrected chi connectivity index (χ3v) is 3.75. The summed E-state index contributed by atoms with van der Waals surface area (Å²) in [6.07, 6.45) is 0.276. The molecule has 1 fully saturated rings. The molecule has 0 bridgehead atoms. The molecule has 0 saturated carbocycles. The first-order valence-corrected chi connectivity index (χ1v) is 5.74. The van der Waals surface area contributed by atoms with Crippen LogP contribution in [0.2, 0.25) is 0 Å². The quantitative estimate of drug-likeness (QED) is 0.662. The molecule has 0 aromatic heterocycles. The molecule has 14 heavy (non-hydrogen) atoms. The summed E-state index contributed by atoms with van der Waals surface area (Å²) in [4.78, 5) is 12.8. The summed E-state index contributed by atoms with van der Waals surface area (Å²) in [6, 6.07) is 0.